The maximum absolute atomic E-state index is 15.1. The molecule has 0 saturated heterocycles. The predicted octanol–water partition coefficient (Wildman–Crippen LogP) is 5.81. The number of fused-ring (bicyclic) bond motifs is 4. The third-order valence-electron chi connectivity index (χ3n) is 7.96. The first-order valence-corrected chi connectivity index (χ1v) is 13.6. The highest BCUT2D eigenvalue weighted by atomic mass is 19.3. The number of nitrogens with one attached hydrogen (secondary N) is 1. The number of nitrogens with zero attached hydrogens (tertiary/aromatic N) is 6. The Labute approximate surface area is 245 Å². The van der Waals surface area contributed by atoms with Crippen LogP contribution in [0.3, 0.4) is 0 Å². The van der Waals surface area contributed by atoms with E-state index in [2.05, 4.69) is 30.4 Å². The molecule has 44 heavy (non-hydrogen) atoms. The Morgan fingerprint density at radius 3 is 2.55 bits per heavy atom. The number of pyridine rings is 2. The molecule has 4 aromatic heterocycles. The van der Waals surface area contributed by atoms with Crippen molar-refractivity contribution in [3.05, 3.63) is 101 Å². The summed E-state index contributed by atoms with van der Waals surface area (Å²) in [4.78, 5) is 30.6. The van der Waals surface area contributed by atoms with Gasteiger partial charge in [-0.2, -0.15) is 13.9 Å². The van der Waals surface area contributed by atoms with E-state index in [4.69, 9.17) is 0 Å². The van der Waals surface area contributed by atoms with Crippen molar-refractivity contribution >= 4 is 17.1 Å². The van der Waals surface area contributed by atoms with E-state index in [9.17, 15) is 22.4 Å². The van der Waals surface area contributed by atoms with Crippen molar-refractivity contribution in [2.45, 2.75) is 43.7 Å². The van der Waals surface area contributed by atoms with E-state index in [-0.39, 0.29) is 29.7 Å². The Kier molecular flexibility index (Phi) is 6.59. The van der Waals surface area contributed by atoms with Crippen LogP contribution in [-0.4, -0.2) is 35.6 Å². The van der Waals surface area contributed by atoms with Crippen LogP contribution in [0.1, 0.15) is 53.0 Å². The molecule has 1 N–H and O–H groups in total. The lowest BCUT2D eigenvalue weighted by Crippen LogP contribution is -2.35. The van der Waals surface area contributed by atoms with Gasteiger partial charge in [0, 0.05) is 53.5 Å². The molecule has 0 radical (unpaired) electrons. The normalized spacial score (nSPS) is 18.7. The van der Waals surface area contributed by atoms with Crippen LogP contribution < -0.4 is 5.32 Å². The third kappa shape index (κ3) is 4.83. The fourth-order valence-electron chi connectivity index (χ4n) is 6.08. The van der Waals surface area contributed by atoms with Crippen molar-refractivity contribution in [3.8, 4) is 11.1 Å². The molecular formula is C30H21F6N7O. The second-order valence-electron chi connectivity index (χ2n) is 10.8. The Balaban J connectivity index is 1.25. The number of carbonyl (C=O) groups is 1. The first-order valence-electron chi connectivity index (χ1n) is 13.6. The van der Waals surface area contributed by atoms with Gasteiger partial charge in [0.05, 0.1) is 11.7 Å². The van der Waals surface area contributed by atoms with Gasteiger partial charge in [0.2, 0.25) is 5.91 Å². The Morgan fingerprint density at radius 1 is 1.00 bits per heavy atom. The van der Waals surface area contributed by atoms with Gasteiger partial charge >= 0.3 is 0 Å². The number of carbonyl (C=O) groups excluding carboxylic acids is 1. The van der Waals surface area contributed by atoms with Gasteiger partial charge in [-0.05, 0) is 48.6 Å². The summed E-state index contributed by atoms with van der Waals surface area (Å²) < 4.78 is 86.5. The number of hydrogen-bond donors (Lipinski definition) is 1. The monoisotopic (exact) mass is 609 g/mol. The van der Waals surface area contributed by atoms with E-state index in [1.54, 1.807) is 18.2 Å². The van der Waals surface area contributed by atoms with Crippen LogP contribution >= 0.6 is 0 Å². The van der Waals surface area contributed by atoms with Gasteiger partial charge < -0.3 is 5.32 Å². The Bertz CT molecular complexity index is 1910. The van der Waals surface area contributed by atoms with Crippen LogP contribution in [0.5, 0.6) is 0 Å². The zero-order valence-electron chi connectivity index (χ0n) is 22.6. The summed E-state index contributed by atoms with van der Waals surface area (Å²) in [5.41, 5.74) is 0.781. The van der Waals surface area contributed by atoms with Crippen molar-refractivity contribution in [3.63, 3.8) is 0 Å². The summed E-state index contributed by atoms with van der Waals surface area (Å²) in [6.07, 6.45) is 2.83. The third-order valence-corrected chi connectivity index (χ3v) is 7.96. The van der Waals surface area contributed by atoms with Crippen LogP contribution in [0.2, 0.25) is 0 Å². The van der Waals surface area contributed by atoms with Gasteiger partial charge in [-0.1, -0.05) is 6.07 Å². The van der Waals surface area contributed by atoms with Crippen molar-refractivity contribution < 1.29 is 31.1 Å². The number of hydrogen-bond acceptors (Lipinski definition) is 6. The van der Waals surface area contributed by atoms with Gasteiger partial charge in [0.25, 0.3) is 12.3 Å². The van der Waals surface area contributed by atoms with E-state index in [1.165, 1.54) is 24.8 Å². The second kappa shape index (κ2) is 10.4. The minimum absolute atomic E-state index is 0.0849. The van der Waals surface area contributed by atoms with Crippen LogP contribution in [0, 0.1) is 17.6 Å². The first-order chi connectivity index (χ1) is 21.1. The summed E-state index contributed by atoms with van der Waals surface area (Å²) in [5, 5.41) is 6.42. The largest absolute Gasteiger partial charge is 0.346 e. The smallest absolute Gasteiger partial charge is 0.293 e. The molecule has 1 fully saturated rings. The average Bonchev–Trinajstić information content (AvgIpc) is 3.64. The van der Waals surface area contributed by atoms with E-state index in [1.807, 2.05) is 0 Å². The van der Waals surface area contributed by atoms with E-state index < -0.39 is 65.7 Å². The second-order valence-corrected chi connectivity index (χ2v) is 10.8. The molecule has 0 spiro atoms. The highest BCUT2D eigenvalue weighted by Crippen LogP contribution is 2.68. The minimum Gasteiger partial charge on any atom is -0.346 e. The number of amides is 1. The summed E-state index contributed by atoms with van der Waals surface area (Å²) in [5.74, 6) is -7.72. The zero-order valence-corrected chi connectivity index (χ0v) is 22.6. The molecule has 5 aromatic rings. The number of aromatic nitrogens is 6. The fourth-order valence-corrected chi connectivity index (χ4v) is 6.08. The molecule has 2 aliphatic carbocycles. The summed E-state index contributed by atoms with van der Waals surface area (Å²) >= 11 is 0. The summed E-state index contributed by atoms with van der Waals surface area (Å²) in [6.45, 7) is -0.784. The molecule has 1 aromatic carbocycles. The lowest BCUT2D eigenvalue weighted by atomic mass is 9.96. The molecule has 3 unspecified atom stereocenters. The lowest BCUT2D eigenvalue weighted by Gasteiger charge is -2.22. The van der Waals surface area contributed by atoms with Crippen LogP contribution in [0.4, 0.5) is 26.3 Å². The Hall–Kier alpha value is -4.88. The Morgan fingerprint density at radius 2 is 1.77 bits per heavy atom. The molecular weight excluding hydrogens is 588 g/mol. The zero-order chi connectivity index (χ0) is 30.7. The molecule has 0 bridgehead atoms. The van der Waals surface area contributed by atoms with Crippen LogP contribution in [0.15, 0.2) is 61.2 Å². The van der Waals surface area contributed by atoms with Crippen molar-refractivity contribution in [1.29, 1.82) is 0 Å². The molecule has 2 aliphatic rings. The highest BCUT2D eigenvalue weighted by Gasteiger charge is 2.67. The quantitative estimate of drug-likeness (QED) is 0.223. The number of benzene rings is 1. The lowest BCUT2D eigenvalue weighted by molar-refractivity contribution is -0.123. The topological polar surface area (TPSA) is 98.5 Å². The average molecular weight is 610 g/mol. The van der Waals surface area contributed by atoms with Crippen molar-refractivity contribution in [2.75, 3.05) is 0 Å². The predicted molar refractivity (Wildman–Crippen MR) is 143 cm³/mol. The molecule has 7 rings (SSSR count). The fraction of sp³-hybridized carbons (Fsp3) is 0.267. The molecule has 14 heteroatoms. The van der Waals surface area contributed by atoms with E-state index in [0.29, 0.717) is 33.0 Å². The SMILES string of the molecule is O=C(Cn1nc(C(F)F)c2c1C(F)(F)C1CC21)NC(Cc1cc(F)cc(F)c1)c1ncccc1-c1cnc2nccnc2c1. The van der Waals surface area contributed by atoms with Gasteiger partial charge in [0.15, 0.2) is 5.65 Å². The summed E-state index contributed by atoms with van der Waals surface area (Å²) in [7, 11) is 0. The molecule has 1 saturated carbocycles. The van der Waals surface area contributed by atoms with Crippen molar-refractivity contribution in [1.82, 2.24) is 35.0 Å². The highest BCUT2D eigenvalue weighted by molar-refractivity contribution is 5.79. The number of rotatable bonds is 8. The summed E-state index contributed by atoms with van der Waals surface area (Å²) in [6, 6.07) is 6.92. The van der Waals surface area contributed by atoms with E-state index in [0.717, 1.165) is 12.1 Å². The number of halogens is 6. The molecule has 224 valence electrons. The van der Waals surface area contributed by atoms with Crippen LogP contribution in [0.25, 0.3) is 22.3 Å². The van der Waals surface area contributed by atoms with Gasteiger partial charge in [-0.3, -0.25) is 19.4 Å². The first kappa shape index (κ1) is 27.9. The van der Waals surface area contributed by atoms with Gasteiger partial charge in [-0.25, -0.2) is 27.5 Å². The molecule has 3 atom stereocenters. The van der Waals surface area contributed by atoms with Gasteiger partial charge in [-0.15, -0.1) is 0 Å². The van der Waals surface area contributed by atoms with E-state index >= 15 is 8.78 Å². The minimum atomic E-state index is -3.40. The van der Waals surface area contributed by atoms with Gasteiger partial charge in [0.1, 0.15) is 35.1 Å². The molecule has 0 aliphatic heterocycles. The van der Waals surface area contributed by atoms with Crippen molar-refractivity contribution in [2.24, 2.45) is 5.92 Å². The number of alkyl halides is 4. The standard InChI is InChI=1S/C30H21F6N7O/c31-16-6-14(7-17(32)10-16)8-21(25-18(2-1-3-38-25)15-9-22-29(40-12-15)39-5-4-37-22)41-23(44)13-43-27-24(26(42-43)28(33)34)19-11-20(19)30(27,35)36/h1-7,9-10,12,19-21,28H,8,11,13H2,(H,41,44). The maximum Gasteiger partial charge on any atom is 0.293 e. The molecule has 4 heterocycles. The maximum atomic E-state index is 15.1. The molecule has 8 nitrogen and oxygen atoms in total. The van der Waals surface area contributed by atoms with Crippen LogP contribution in [-0.2, 0) is 23.7 Å². The molecule has 1 amide bonds.